The van der Waals surface area contributed by atoms with Gasteiger partial charge in [-0.25, -0.2) is 4.79 Å². The molecular weight excluding hydrogens is 280 g/mol. The maximum absolute atomic E-state index is 8.57. The molecule has 1 nitrogen and oxygen atoms in total. The van der Waals surface area contributed by atoms with Gasteiger partial charge in [0.1, 0.15) is 5.94 Å². The van der Waals surface area contributed by atoms with Gasteiger partial charge in [0.2, 0.25) is 0 Å². The van der Waals surface area contributed by atoms with Crippen LogP contribution in [0.15, 0.2) is 67.3 Å². The molecule has 0 aliphatic rings. The third-order valence-corrected chi connectivity index (χ3v) is 2.70. The van der Waals surface area contributed by atoms with Gasteiger partial charge in [-0.05, 0) is 50.5 Å². The van der Waals surface area contributed by atoms with Crippen molar-refractivity contribution in [3.8, 4) is 0 Å². The molecule has 124 valence electrons. The molecule has 0 radical (unpaired) electrons. The van der Waals surface area contributed by atoms with E-state index in [-0.39, 0.29) is 0 Å². The molecule has 0 amide bonds. The smallest absolute Gasteiger partial charge is 0.116 e. The van der Waals surface area contributed by atoms with E-state index in [1.54, 1.807) is 0 Å². The van der Waals surface area contributed by atoms with E-state index in [4.69, 9.17) is 4.79 Å². The largest absolute Gasteiger partial charge is 0.234 e. The zero-order valence-corrected chi connectivity index (χ0v) is 15.2. The highest BCUT2D eigenvalue weighted by molar-refractivity contribution is 5.54. The quantitative estimate of drug-likeness (QED) is 0.461. The molecule has 0 bridgehead atoms. The number of allylic oxidation sites excluding steroid dienone is 7. The van der Waals surface area contributed by atoms with Crippen LogP contribution in [0.3, 0.4) is 0 Å². The van der Waals surface area contributed by atoms with E-state index in [9.17, 15) is 0 Å². The zero-order chi connectivity index (χ0) is 17.9. The van der Waals surface area contributed by atoms with Crippen LogP contribution in [0.25, 0.3) is 6.08 Å². The van der Waals surface area contributed by atoms with Crippen molar-refractivity contribution in [2.75, 3.05) is 0 Å². The van der Waals surface area contributed by atoms with E-state index in [1.807, 2.05) is 45.9 Å². The molecule has 23 heavy (non-hydrogen) atoms. The maximum atomic E-state index is 8.57. The fourth-order valence-corrected chi connectivity index (χ4v) is 1.75. The third kappa shape index (κ3) is 13.0. The lowest BCUT2D eigenvalue weighted by atomic mass is 10.0. The fraction of sp³-hybridized carbons (Fsp3) is 0.273. The van der Waals surface area contributed by atoms with Crippen LogP contribution in [0, 0.1) is 6.92 Å². The van der Waals surface area contributed by atoms with E-state index in [2.05, 4.69) is 62.1 Å². The van der Waals surface area contributed by atoms with Crippen LogP contribution in [-0.2, 0) is 11.2 Å². The van der Waals surface area contributed by atoms with Crippen molar-refractivity contribution in [1.82, 2.24) is 0 Å². The summed E-state index contributed by atoms with van der Waals surface area (Å²) in [5.74, 6) is 1.25. The van der Waals surface area contributed by atoms with Gasteiger partial charge in [0.25, 0.3) is 0 Å². The van der Waals surface area contributed by atoms with Crippen molar-refractivity contribution in [1.29, 1.82) is 0 Å². The lowest BCUT2D eigenvalue weighted by Gasteiger charge is -2.03. The number of rotatable bonds is 5. The van der Waals surface area contributed by atoms with E-state index in [1.165, 1.54) is 22.6 Å². The average Bonchev–Trinajstić information content (AvgIpc) is 2.56. The molecule has 0 aromatic heterocycles. The first-order valence-corrected chi connectivity index (χ1v) is 8.00. The summed E-state index contributed by atoms with van der Waals surface area (Å²) in [5, 5.41) is 0. The molecule has 1 aromatic rings. The summed E-state index contributed by atoms with van der Waals surface area (Å²) in [6, 6.07) is 6.64. The van der Waals surface area contributed by atoms with Gasteiger partial charge in [-0.15, -0.1) is 0 Å². The Balaban J connectivity index is 0. The van der Waals surface area contributed by atoms with Crippen LogP contribution < -0.4 is 0 Å². The highest BCUT2D eigenvalue weighted by Crippen LogP contribution is 2.13. The molecule has 0 fully saturated rings. The second kappa shape index (κ2) is 17.7. The Labute approximate surface area is 142 Å². The van der Waals surface area contributed by atoms with Crippen molar-refractivity contribution in [2.45, 2.75) is 41.0 Å². The first kappa shape index (κ1) is 22.9. The molecule has 0 heterocycles. The number of benzene rings is 1. The van der Waals surface area contributed by atoms with E-state index >= 15 is 0 Å². The Bertz CT molecular complexity index is 551. The summed E-state index contributed by atoms with van der Waals surface area (Å²) >= 11 is 0. The first-order chi connectivity index (χ1) is 11.2. The molecule has 0 aliphatic heterocycles. The Morgan fingerprint density at radius 2 is 1.65 bits per heavy atom. The summed E-state index contributed by atoms with van der Waals surface area (Å²) < 4.78 is 0. The predicted octanol–water partition coefficient (Wildman–Crippen LogP) is 6.29. The number of hydrogen-bond acceptors (Lipinski definition) is 1. The number of hydrogen-bond donors (Lipinski definition) is 0. The van der Waals surface area contributed by atoms with Crippen molar-refractivity contribution in [2.24, 2.45) is 0 Å². The molecule has 0 spiro atoms. The molecule has 0 N–H and O–H groups in total. The number of aryl methyl sites for hydroxylation is 1. The predicted molar refractivity (Wildman–Crippen MR) is 105 cm³/mol. The summed E-state index contributed by atoms with van der Waals surface area (Å²) in [4.78, 5) is 8.57. The van der Waals surface area contributed by atoms with Crippen molar-refractivity contribution in [3.63, 3.8) is 0 Å². The SMILES string of the molecule is C=C=O.CC.C\C=C/C=C\C=C/Cc1ccc(/C=C\C)c(C)c1. The number of carbonyl (C=O) groups excluding carboxylic acids is 1. The summed E-state index contributed by atoms with van der Waals surface area (Å²) in [6.07, 6.45) is 17.6. The molecular formula is C22H30O. The minimum atomic E-state index is 0.983. The molecule has 0 unspecified atom stereocenters. The van der Waals surface area contributed by atoms with Gasteiger partial charge >= 0.3 is 0 Å². The molecule has 1 rings (SSSR count). The van der Waals surface area contributed by atoms with Crippen molar-refractivity contribution >= 4 is 12.0 Å². The van der Waals surface area contributed by atoms with Gasteiger partial charge in [0, 0.05) is 0 Å². The Morgan fingerprint density at radius 1 is 1.04 bits per heavy atom. The van der Waals surface area contributed by atoms with Gasteiger partial charge in [-0.2, -0.15) is 0 Å². The van der Waals surface area contributed by atoms with Crippen molar-refractivity contribution < 1.29 is 4.79 Å². The van der Waals surface area contributed by atoms with Gasteiger partial charge in [-0.1, -0.05) is 80.7 Å². The van der Waals surface area contributed by atoms with Gasteiger partial charge in [-0.3, -0.25) is 0 Å². The average molecular weight is 310 g/mol. The Hall–Kier alpha value is -2.37. The highest BCUT2D eigenvalue weighted by atomic mass is 16.1. The topological polar surface area (TPSA) is 17.1 Å². The molecule has 0 saturated heterocycles. The van der Waals surface area contributed by atoms with Crippen molar-refractivity contribution in [3.05, 3.63) is 84.0 Å². The van der Waals surface area contributed by atoms with Gasteiger partial charge < -0.3 is 0 Å². The maximum Gasteiger partial charge on any atom is 0.116 e. The highest BCUT2D eigenvalue weighted by Gasteiger charge is 1.95. The van der Waals surface area contributed by atoms with E-state index in [0.29, 0.717) is 0 Å². The monoisotopic (exact) mass is 310 g/mol. The summed E-state index contributed by atoms with van der Waals surface area (Å²) in [5.41, 5.74) is 4.00. The van der Waals surface area contributed by atoms with Gasteiger partial charge in [0.05, 0.1) is 0 Å². The first-order valence-electron chi connectivity index (χ1n) is 8.00. The Kier molecular flexibility index (Phi) is 17.6. The van der Waals surface area contributed by atoms with Crippen LogP contribution in [-0.4, -0.2) is 5.94 Å². The second-order valence-corrected chi connectivity index (χ2v) is 4.38. The van der Waals surface area contributed by atoms with Crippen LogP contribution in [0.4, 0.5) is 0 Å². The molecule has 0 aliphatic carbocycles. The van der Waals surface area contributed by atoms with Crippen LogP contribution >= 0.6 is 0 Å². The van der Waals surface area contributed by atoms with E-state index in [0.717, 1.165) is 6.42 Å². The minimum absolute atomic E-state index is 0.983. The third-order valence-electron chi connectivity index (χ3n) is 2.70. The zero-order valence-electron chi connectivity index (χ0n) is 15.2. The molecule has 1 heteroatoms. The minimum Gasteiger partial charge on any atom is -0.234 e. The molecule has 1 aromatic carbocycles. The van der Waals surface area contributed by atoms with Crippen LogP contribution in [0.5, 0.6) is 0 Å². The molecule has 0 atom stereocenters. The fourth-order valence-electron chi connectivity index (χ4n) is 1.75. The summed E-state index contributed by atoms with van der Waals surface area (Å²) in [6.45, 7) is 12.9. The normalized spacial score (nSPS) is 10.5. The lowest BCUT2D eigenvalue weighted by molar-refractivity contribution is 0.569. The summed E-state index contributed by atoms with van der Waals surface area (Å²) in [7, 11) is 0. The van der Waals surface area contributed by atoms with Crippen LogP contribution in [0.1, 0.15) is 44.4 Å². The molecule has 0 saturated carbocycles. The standard InChI is InChI=1S/C18H22.C2H2O.C2H6/c1-4-6-7-8-9-10-12-17-13-14-18(11-5-2)16(3)15-17;1-2-3;1-2/h4-11,13-15H,12H2,1-3H3;1H2;1-2H3/b6-4-,8-7-,10-9-,11-5-;;. The Morgan fingerprint density at radius 3 is 2.17 bits per heavy atom. The second-order valence-electron chi connectivity index (χ2n) is 4.38. The van der Waals surface area contributed by atoms with E-state index < -0.39 is 0 Å². The van der Waals surface area contributed by atoms with Gasteiger partial charge in [0.15, 0.2) is 0 Å². The lowest BCUT2D eigenvalue weighted by Crippen LogP contribution is -1.86. The van der Waals surface area contributed by atoms with Crippen LogP contribution in [0.2, 0.25) is 0 Å².